The number of para-hydroxylation sites is 1. The number of halogens is 3. The Balaban J connectivity index is 2.34. The lowest BCUT2D eigenvalue weighted by Crippen LogP contribution is -2.06. The van der Waals surface area contributed by atoms with E-state index < -0.39 is 0 Å². The van der Waals surface area contributed by atoms with Crippen LogP contribution in [0.15, 0.2) is 36.4 Å². The zero-order valence-corrected chi connectivity index (χ0v) is 12.9. The molecule has 0 aromatic heterocycles. The molecule has 0 heterocycles. The summed E-state index contributed by atoms with van der Waals surface area (Å²) >= 11 is 17.9. The van der Waals surface area contributed by atoms with Gasteiger partial charge in [-0.2, -0.15) is 0 Å². The van der Waals surface area contributed by atoms with Crippen molar-refractivity contribution in [1.82, 2.24) is 0 Å². The van der Waals surface area contributed by atoms with E-state index in [0.29, 0.717) is 10.8 Å². The second kappa shape index (κ2) is 6.49. The van der Waals surface area contributed by atoms with Crippen LogP contribution in [-0.2, 0) is 6.42 Å². The van der Waals surface area contributed by atoms with Gasteiger partial charge in [0.2, 0.25) is 0 Å². The van der Waals surface area contributed by atoms with Gasteiger partial charge in [-0.25, -0.2) is 0 Å². The highest BCUT2D eigenvalue weighted by Crippen LogP contribution is 2.31. The first-order chi connectivity index (χ1) is 9.52. The molecule has 104 valence electrons. The predicted octanol–water partition coefficient (Wildman–Crippen LogP) is 5.08. The van der Waals surface area contributed by atoms with E-state index in [2.05, 4.69) is 0 Å². The number of hydrogen-bond acceptors (Lipinski definition) is 2. The van der Waals surface area contributed by atoms with E-state index >= 15 is 0 Å². The van der Waals surface area contributed by atoms with Crippen LogP contribution in [-0.4, -0.2) is 12.9 Å². The zero-order chi connectivity index (χ0) is 14.7. The Hall–Kier alpha value is -1.22. The second-order valence-corrected chi connectivity index (χ2v) is 5.41. The van der Waals surface area contributed by atoms with Crippen molar-refractivity contribution >= 4 is 40.6 Å². The third-order valence-corrected chi connectivity index (χ3v) is 3.64. The van der Waals surface area contributed by atoms with Crippen molar-refractivity contribution in [2.24, 2.45) is 0 Å². The molecule has 0 saturated heterocycles. The molecule has 0 N–H and O–H groups in total. The lowest BCUT2D eigenvalue weighted by Gasteiger charge is -2.10. The van der Waals surface area contributed by atoms with Gasteiger partial charge >= 0.3 is 0 Å². The molecule has 0 amide bonds. The van der Waals surface area contributed by atoms with Crippen molar-refractivity contribution < 1.29 is 9.53 Å². The highest BCUT2D eigenvalue weighted by molar-refractivity contribution is 6.42. The SMILES string of the molecule is COc1ccccc1CC(=O)c1c(Cl)cc(Cl)cc1Cl. The minimum absolute atomic E-state index is 0.158. The Morgan fingerprint density at radius 1 is 1.10 bits per heavy atom. The van der Waals surface area contributed by atoms with Crippen LogP contribution in [0.1, 0.15) is 15.9 Å². The summed E-state index contributed by atoms with van der Waals surface area (Å²) < 4.78 is 5.22. The maximum absolute atomic E-state index is 12.4. The summed E-state index contributed by atoms with van der Waals surface area (Å²) in [6.45, 7) is 0. The first-order valence-electron chi connectivity index (χ1n) is 5.82. The maximum atomic E-state index is 12.4. The summed E-state index contributed by atoms with van der Waals surface area (Å²) in [5.74, 6) is 0.475. The van der Waals surface area contributed by atoms with E-state index in [-0.39, 0.29) is 27.8 Å². The number of carbonyl (C=O) groups excluding carboxylic acids is 1. The third kappa shape index (κ3) is 3.26. The predicted molar refractivity (Wildman–Crippen MR) is 82.5 cm³/mol. The third-order valence-electron chi connectivity index (χ3n) is 2.83. The average Bonchev–Trinajstić information content (AvgIpc) is 2.38. The first-order valence-corrected chi connectivity index (χ1v) is 6.96. The van der Waals surface area contributed by atoms with Crippen LogP contribution in [0.3, 0.4) is 0 Å². The summed E-state index contributed by atoms with van der Waals surface area (Å²) in [4.78, 5) is 12.4. The molecule has 0 aliphatic heterocycles. The van der Waals surface area contributed by atoms with Crippen LogP contribution < -0.4 is 4.74 Å². The van der Waals surface area contributed by atoms with Crippen molar-refractivity contribution in [2.75, 3.05) is 7.11 Å². The smallest absolute Gasteiger partial charge is 0.170 e. The summed E-state index contributed by atoms with van der Waals surface area (Å²) in [5, 5.41) is 0.902. The van der Waals surface area contributed by atoms with Crippen molar-refractivity contribution in [3.8, 4) is 5.75 Å². The van der Waals surface area contributed by atoms with E-state index in [1.807, 2.05) is 18.2 Å². The summed E-state index contributed by atoms with van der Waals surface area (Å²) in [7, 11) is 1.56. The normalized spacial score (nSPS) is 10.4. The van der Waals surface area contributed by atoms with Crippen LogP contribution in [0.5, 0.6) is 5.75 Å². The zero-order valence-electron chi connectivity index (χ0n) is 10.6. The lowest BCUT2D eigenvalue weighted by atomic mass is 10.0. The molecule has 2 aromatic rings. The number of benzene rings is 2. The number of ether oxygens (including phenoxy) is 1. The van der Waals surface area contributed by atoms with Gasteiger partial charge in [0.1, 0.15) is 5.75 Å². The molecule has 20 heavy (non-hydrogen) atoms. The molecule has 5 heteroatoms. The van der Waals surface area contributed by atoms with Crippen LogP contribution in [0, 0.1) is 0 Å². The van der Waals surface area contributed by atoms with Crippen molar-refractivity contribution in [3.05, 3.63) is 62.6 Å². The summed E-state index contributed by atoms with van der Waals surface area (Å²) in [5.41, 5.74) is 1.06. The number of Topliss-reactive ketones (excluding diaryl/α,β-unsaturated/α-hetero) is 1. The highest BCUT2D eigenvalue weighted by atomic mass is 35.5. The van der Waals surface area contributed by atoms with E-state index in [1.54, 1.807) is 13.2 Å². The van der Waals surface area contributed by atoms with Gasteiger partial charge in [-0.15, -0.1) is 0 Å². The van der Waals surface area contributed by atoms with E-state index in [4.69, 9.17) is 39.5 Å². The summed E-state index contributed by atoms with van der Waals surface area (Å²) in [6.07, 6.45) is 0.158. The van der Waals surface area contributed by atoms with E-state index in [0.717, 1.165) is 5.56 Å². The van der Waals surface area contributed by atoms with Crippen molar-refractivity contribution in [2.45, 2.75) is 6.42 Å². The minimum atomic E-state index is -0.179. The maximum Gasteiger partial charge on any atom is 0.170 e. The largest absolute Gasteiger partial charge is 0.496 e. The Morgan fingerprint density at radius 2 is 1.70 bits per heavy atom. The first kappa shape index (κ1) is 15.2. The Morgan fingerprint density at radius 3 is 2.30 bits per heavy atom. The van der Waals surface area contributed by atoms with Crippen molar-refractivity contribution in [1.29, 1.82) is 0 Å². The fourth-order valence-corrected chi connectivity index (χ4v) is 2.95. The molecule has 0 spiro atoms. The summed E-state index contributed by atoms with van der Waals surface area (Å²) in [6, 6.07) is 10.3. The standard InChI is InChI=1S/C15H11Cl3O2/c1-20-14-5-3-2-4-9(14)6-13(19)15-11(17)7-10(16)8-12(15)18/h2-5,7-8H,6H2,1H3. The quantitative estimate of drug-likeness (QED) is 0.731. The van der Waals surface area contributed by atoms with Gasteiger partial charge in [0.15, 0.2) is 5.78 Å². The topological polar surface area (TPSA) is 26.3 Å². The fourth-order valence-electron chi connectivity index (χ4n) is 1.92. The highest BCUT2D eigenvalue weighted by Gasteiger charge is 2.17. The number of methoxy groups -OCH3 is 1. The lowest BCUT2D eigenvalue weighted by molar-refractivity contribution is 0.0992. The molecule has 2 nitrogen and oxygen atoms in total. The number of carbonyl (C=O) groups is 1. The number of rotatable bonds is 4. The molecule has 0 fully saturated rings. The molecule has 0 aliphatic carbocycles. The van der Waals surface area contributed by atoms with Gasteiger partial charge in [0, 0.05) is 17.0 Å². The van der Waals surface area contributed by atoms with E-state index in [9.17, 15) is 4.79 Å². The molecule has 0 saturated carbocycles. The molecular formula is C15H11Cl3O2. The van der Waals surface area contributed by atoms with Gasteiger partial charge in [-0.3, -0.25) is 4.79 Å². The second-order valence-electron chi connectivity index (χ2n) is 4.16. The fraction of sp³-hybridized carbons (Fsp3) is 0.133. The monoisotopic (exact) mass is 328 g/mol. The number of hydrogen-bond donors (Lipinski definition) is 0. The molecule has 0 atom stereocenters. The number of ketones is 1. The van der Waals surface area contributed by atoms with Gasteiger partial charge in [0.05, 0.1) is 22.7 Å². The van der Waals surface area contributed by atoms with Crippen LogP contribution in [0.2, 0.25) is 15.1 Å². The van der Waals surface area contributed by atoms with Crippen LogP contribution >= 0.6 is 34.8 Å². The van der Waals surface area contributed by atoms with Gasteiger partial charge < -0.3 is 4.74 Å². The van der Waals surface area contributed by atoms with Gasteiger partial charge in [0.25, 0.3) is 0 Å². The molecule has 0 unspecified atom stereocenters. The molecule has 0 bridgehead atoms. The molecule has 2 aromatic carbocycles. The van der Waals surface area contributed by atoms with Crippen LogP contribution in [0.4, 0.5) is 0 Å². The minimum Gasteiger partial charge on any atom is -0.496 e. The van der Waals surface area contributed by atoms with Crippen LogP contribution in [0.25, 0.3) is 0 Å². The molecule has 0 radical (unpaired) electrons. The Kier molecular flexibility index (Phi) is 4.92. The Bertz CT molecular complexity index is 630. The average molecular weight is 330 g/mol. The molecular weight excluding hydrogens is 319 g/mol. The Labute approximate surface area is 132 Å². The van der Waals surface area contributed by atoms with Gasteiger partial charge in [-0.1, -0.05) is 53.0 Å². The molecule has 0 aliphatic rings. The van der Waals surface area contributed by atoms with E-state index in [1.165, 1.54) is 12.1 Å². The van der Waals surface area contributed by atoms with Gasteiger partial charge in [-0.05, 0) is 18.2 Å². The van der Waals surface area contributed by atoms with Crippen molar-refractivity contribution in [3.63, 3.8) is 0 Å². The molecule has 2 rings (SSSR count).